The zero-order valence-corrected chi connectivity index (χ0v) is 12.8. The Morgan fingerprint density at radius 1 is 1.29 bits per heavy atom. The smallest absolute Gasteiger partial charge is 0.271 e. The minimum Gasteiger partial charge on any atom is -0.398 e. The third kappa shape index (κ3) is 3.50. The Morgan fingerprint density at radius 3 is 2.62 bits per heavy atom. The fourth-order valence-corrected chi connectivity index (χ4v) is 2.22. The molecule has 0 unspecified atom stereocenters. The SMILES string of the molecule is Nc1ccc(Br)cc1C(=O)Nc1ccc([N+](=O)[O-])cc1Cl. The topological polar surface area (TPSA) is 98.3 Å². The number of hydrogen-bond donors (Lipinski definition) is 2. The summed E-state index contributed by atoms with van der Waals surface area (Å²) in [5.41, 5.74) is 6.45. The van der Waals surface area contributed by atoms with E-state index in [2.05, 4.69) is 21.2 Å². The van der Waals surface area contributed by atoms with Crippen LogP contribution in [0.2, 0.25) is 5.02 Å². The van der Waals surface area contributed by atoms with E-state index in [9.17, 15) is 14.9 Å². The number of rotatable bonds is 3. The van der Waals surface area contributed by atoms with Gasteiger partial charge in [0.15, 0.2) is 0 Å². The van der Waals surface area contributed by atoms with E-state index in [-0.39, 0.29) is 22.0 Å². The molecular formula is C13H9BrClN3O3. The molecule has 0 saturated heterocycles. The molecule has 6 nitrogen and oxygen atoms in total. The van der Waals surface area contributed by atoms with Crippen molar-refractivity contribution in [2.24, 2.45) is 0 Å². The summed E-state index contributed by atoms with van der Waals surface area (Å²) in [4.78, 5) is 22.2. The van der Waals surface area contributed by atoms with Crippen LogP contribution in [0.4, 0.5) is 17.1 Å². The van der Waals surface area contributed by atoms with Crippen molar-refractivity contribution in [3.05, 3.63) is 61.6 Å². The molecule has 3 N–H and O–H groups in total. The average molecular weight is 371 g/mol. The number of nitrogens with one attached hydrogen (secondary N) is 1. The number of non-ortho nitro benzene ring substituents is 1. The molecule has 0 radical (unpaired) electrons. The van der Waals surface area contributed by atoms with Crippen molar-refractivity contribution in [3.63, 3.8) is 0 Å². The van der Waals surface area contributed by atoms with E-state index in [1.165, 1.54) is 18.2 Å². The zero-order chi connectivity index (χ0) is 15.6. The zero-order valence-electron chi connectivity index (χ0n) is 10.5. The van der Waals surface area contributed by atoms with E-state index >= 15 is 0 Å². The van der Waals surface area contributed by atoms with Crippen LogP contribution in [0.3, 0.4) is 0 Å². The maximum absolute atomic E-state index is 12.2. The third-order valence-corrected chi connectivity index (χ3v) is 3.48. The molecule has 0 saturated carbocycles. The van der Waals surface area contributed by atoms with Gasteiger partial charge in [0.25, 0.3) is 11.6 Å². The third-order valence-electron chi connectivity index (χ3n) is 2.67. The summed E-state index contributed by atoms with van der Waals surface area (Å²) >= 11 is 9.17. The lowest BCUT2D eigenvalue weighted by molar-refractivity contribution is -0.384. The molecule has 0 fully saturated rings. The van der Waals surface area contributed by atoms with Crippen LogP contribution in [0.15, 0.2) is 40.9 Å². The maximum Gasteiger partial charge on any atom is 0.271 e. The number of nitro groups is 1. The standard InChI is InChI=1S/C13H9BrClN3O3/c14-7-1-3-11(16)9(5-7)13(19)17-12-4-2-8(18(20)21)6-10(12)15/h1-6H,16H2,(H,17,19). The fraction of sp³-hybridized carbons (Fsp3) is 0. The number of nitro benzene ring substituents is 1. The normalized spacial score (nSPS) is 10.2. The molecular weight excluding hydrogens is 362 g/mol. The first-order valence-electron chi connectivity index (χ1n) is 5.69. The minimum atomic E-state index is -0.566. The molecule has 0 aromatic heterocycles. The Kier molecular flexibility index (Phi) is 4.44. The first-order chi connectivity index (χ1) is 9.88. The van der Waals surface area contributed by atoms with Gasteiger partial charge in [0.1, 0.15) is 0 Å². The molecule has 2 rings (SSSR count). The van der Waals surface area contributed by atoms with Crippen LogP contribution in [0.5, 0.6) is 0 Å². The van der Waals surface area contributed by atoms with Gasteiger partial charge in [-0.1, -0.05) is 27.5 Å². The lowest BCUT2D eigenvalue weighted by Gasteiger charge is -2.09. The summed E-state index contributed by atoms with van der Waals surface area (Å²) in [6, 6.07) is 8.67. The number of nitrogens with zero attached hydrogens (tertiary/aromatic N) is 1. The van der Waals surface area contributed by atoms with Gasteiger partial charge in [-0.05, 0) is 24.3 Å². The lowest BCUT2D eigenvalue weighted by Crippen LogP contribution is -2.14. The number of nitrogens with two attached hydrogens (primary N) is 1. The highest BCUT2D eigenvalue weighted by Crippen LogP contribution is 2.28. The predicted octanol–water partition coefficient (Wildman–Crippen LogP) is 3.85. The molecule has 2 aromatic rings. The largest absolute Gasteiger partial charge is 0.398 e. The minimum absolute atomic E-state index is 0.0751. The highest BCUT2D eigenvalue weighted by atomic mass is 79.9. The van der Waals surface area contributed by atoms with Gasteiger partial charge >= 0.3 is 0 Å². The highest BCUT2D eigenvalue weighted by molar-refractivity contribution is 9.10. The Morgan fingerprint density at radius 2 is 2.00 bits per heavy atom. The van der Waals surface area contributed by atoms with E-state index in [1.54, 1.807) is 18.2 Å². The van der Waals surface area contributed by atoms with Crippen molar-refractivity contribution < 1.29 is 9.72 Å². The molecule has 0 aliphatic heterocycles. The molecule has 0 atom stereocenters. The van der Waals surface area contributed by atoms with E-state index in [1.807, 2.05) is 0 Å². The summed E-state index contributed by atoms with van der Waals surface area (Å²) in [7, 11) is 0. The number of amides is 1. The number of hydrogen-bond acceptors (Lipinski definition) is 4. The van der Waals surface area contributed by atoms with Crippen molar-refractivity contribution in [2.75, 3.05) is 11.1 Å². The van der Waals surface area contributed by atoms with Crippen molar-refractivity contribution >= 4 is 50.5 Å². The van der Waals surface area contributed by atoms with Gasteiger partial charge < -0.3 is 11.1 Å². The predicted molar refractivity (Wildman–Crippen MR) is 84.6 cm³/mol. The number of anilines is 2. The van der Waals surface area contributed by atoms with Crippen molar-refractivity contribution in [2.45, 2.75) is 0 Å². The first kappa shape index (κ1) is 15.3. The van der Waals surface area contributed by atoms with Crippen LogP contribution in [-0.2, 0) is 0 Å². The molecule has 108 valence electrons. The average Bonchev–Trinajstić information content (AvgIpc) is 2.43. The van der Waals surface area contributed by atoms with E-state index in [0.717, 1.165) is 0 Å². The van der Waals surface area contributed by atoms with Gasteiger partial charge in [-0.15, -0.1) is 0 Å². The second-order valence-electron chi connectivity index (χ2n) is 4.11. The molecule has 0 heterocycles. The summed E-state index contributed by atoms with van der Waals surface area (Å²) in [6.45, 7) is 0. The lowest BCUT2D eigenvalue weighted by atomic mass is 10.1. The Labute approximate surface area is 133 Å². The van der Waals surface area contributed by atoms with Crippen LogP contribution in [0, 0.1) is 10.1 Å². The molecule has 0 spiro atoms. The highest BCUT2D eigenvalue weighted by Gasteiger charge is 2.14. The number of carbonyl (C=O) groups excluding carboxylic acids is 1. The van der Waals surface area contributed by atoms with Crippen molar-refractivity contribution in [1.29, 1.82) is 0 Å². The van der Waals surface area contributed by atoms with Gasteiger partial charge in [0, 0.05) is 22.3 Å². The Bertz CT molecular complexity index is 737. The number of benzene rings is 2. The Balaban J connectivity index is 2.27. The molecule has 0 aliphatic rings. The van der Waals surface area contributed by atoms with Crippen LogP contribution in [0.1, 0.15) is 10.4 Å². The summed E-state index contributed by atoms with van der Waals surface area (Å²) in [5, 5.41) is 13.3. The second kappa shape index (κ2) is 6.11. The second-order valence-corrected chi connectivity index (χ2v) is 5.43. The number of nitrogen functional groups attached to an aromatic ring is 1. The first-order valence-corrected chi connectivity index (χ1v) is 6.86. The molecule has 1 amide bonds. The van der Waals surface area contributed by atoms with Crippen molar-refractivity contribution in [1.82, 2.24) is 0 Å². The summed E-state index contributed by atoms with van der Waals surface area (Å²) in [5.74, 6) is -0.454. The van der Waals surface area contributed by atoms with Crippen LogP contribution in [0.25, 0.3) is 0 Å². The van der Waals surface area contributed by atoms with E-state index in [0.29, 0.717) is 10.2 Å². The van der Waals surface area contributed by atoms with E-state index in [4.69, 9.17) is 17.3 Å². The molecule has 21 heavy (non-hydrogen) atoms. The number of carbonyl (C=O) groups is 1. The number of halogens is 2. The van der Waals surface area contributed by atoms with Crippen LogP contribution < -0.4 is 11.1 Å². The van der Waals surface area contributed by atoms with Crippen LogP contribution >= 0.6 is 27.5 Å². The molecule has 0 aliphatic carbocycles. The van der Waals surface area contributed by atoms with Gasteiger partial charge in [0.2, 0.25) is 0 Å². The quantitative estimate of drug-likeness (QED) is 0.487. The van der Waals surface area contributed by atoms with E-state index < -0.39 is 10.8 Å². The van der Waals surface area contributed by atoms with Gasteiger partial charge in [-0.2, -0.15) is 0 Å². The van der Waals surface area contributed by atoms with Gasteiger partial charge in [0.05, 0.1) is 21.2 Å². The Hall–Kier alpha value is -2.12. The van der Waals surface area contributed by atoms with Crippen LogP contribution in [-0.4, -0.2) is 10.8 Å². The monoisotopic (exact) mass is 369 g/mol. The molecule has 2 aromatic carbocycles. The maximum atomic E-state index is 12.2. The van der Waals surface area contributed by atoms with Gasteiger partial charge in [-0.3, -0.25) is 14.9 Å². The van der Waals surface area contributed by atoms with Crippen molar-refractivity contribution in [3.8, 4) is 0 Å². The molecule has 8 heteroatoms. The summed E-state index contributed by atoms with van der Waals surface area (Å²) in [6.07, 6.45) is 0. The molecule has 0 bridgehead atoms. The fourth-order valence-electron chi connectivity index (χ4n) is 1.63. The summed E-state index contributed by atoms with van der Waals surface area (Å²) < 4.78 is 0.705. The van der Waals surface area contributed by atoms with Gasteiger partial charge in [-0.25, -0.2) is 0 Å².